The second-order valence-corrected chi connectivity index (χ2v) is 6.20. The molecule has 2 heterocycles. The van der Waals surface area contributed by atoms with Gasteiger partial charge in [0.15, 0.2) is 0 Å². The van der Waals surface area contributed by atoms with Crippen LogP contribution in [0.2, 0.25) is 0 Å². The molecular weight excluding hydrogens is 348 g/mol. The molecule has 0 radical (unpaired) electrons. The van der Waals surface area contributed by atoms with Gasteiger partial charge in [-0.2, -0.15) is 0 Å². The average Bonchev–Trinajstić information content (AvgIpc) is 2.90. The maximum absolute atomic E-state index is 12.5. The number of allylic oxidation sites excluding steroid dienone is 2. The van der Waals surface area contributed by atoms with Crippen molar-refractivity contribution in [2.24, 2.45) is 0 Å². The number of carbonyl (C=O) groups is 3. The molecule has 3 rings (SSSR count). The maximum Gasteiger partial charge on any atom is 0.355 e. The first-order valence-electron chi connectivity index (χ1n) is 8.37. The Balaban J connectivity index is 2.11. The summed E-state index contributed by atoms with van der Waals surface area (Å²) in [6.07, 6.45) is 6.90. The lowest BCUT2D eigenvalue weighted by Gasteiger charge is -2.28. The van der Waals surface area contributed by atoms with Crippen LogP contribution >= 0.6 is 0 Å². The van der Waals surface area contributed by atoms with E-state index in [1.165, 1.54) is 20.3 Å². The van der Waals surface area contributed by atoms with Crippen LogP contribution in [0.15, 0.2) is 53.9 Å². The average molecular weight is 368 g/mol. The van der Waals surface area contributed by atoms with Crippen LogP contribution < -0.4 is 4.90 Å². The molecule has 0 fully saturated rings. The molecular formula is C20H20N2O5. The monoisotopic (exact) mass is 368 g/mol. The third-order valence-corrected chi connectivity index (χ3v) is 4.53. The van der Waals surface area contributed by atoms with E-state index in [0.717, 1.165) is 11.1 Å². The quantitative estimate of drug-likeness (QED) is 0.756. The van der Waals surface area contributed by atoms with Crippen molar-refractivity contribution in [3.05, 3.63) is 65.0 Å². The summed E-state index contributed by atoms with van der Waals surface area (Å²) in [5.74, 6) is -1.22. The molecule has 0 saturated carbocycles. The van der Waals surface area contributed by atoms with Gasteiger partial charge in [-0.25, -0.2) is 9.59 Å². The van der Waals surface area contributed by atoms with Crippen LogP contribution in [-0.2, 0) is 36.8 Å². The number of rotatable bonds is 3. The topological polar surface area (TPSA) is 76.2 Å². The molecule has 0 N–H and O–H groups in total. The minimum atomic E-state index is -0.656. The van der Waals surface area contributed by atoms with E-state index in [-0.39, 0.29) is 17.2 Å². The van der Waals surface area contributed by atoms with Gasteiger partial charge in [0.05, 0.1) is 26.2 Å². The van der Waals surface area contributed by atoms with Crippen molar-refractivity contribution < 1.29 is 23.9 Å². The summed E-state index contributed by atoms with van der Waals surface area (Å²) in [5, 5.41) is 0. The standard InChI is InChI=1S/C20H20N2O5/c1-21-12-14-10-15(8-7-13(14)11-17(21)23)22-9-5-4-6-16(19(24)26-2)18(22)20(25)27-3/h4-10H,11-12H2,1-3H3. The molecule has 7 nitrogen and oxygen atoms in total. The number of fused-ring (bicyclic) bond motifs is 1. The van der Waals surface area contributed by atoms with Gasteiger partial charge in [0.1, 0.15) is 5.70 Å². The third-order valence-electron chi connectivity index (χ3n) is 4.53. The normalized spacial score (nSPS) is 16.2. The second-order valence-electron chi connectivity index (χ2n) is 6.20. The first-order valence-corrected chi connectivity index (χ1v) is 8.37. The highest BCUT2D eigenvalue weighted by atomic mass is 16.5. The van der Waals surface area contributed by atoms with Crippen molar-refractivity contribution in [1.82, 2.24) is 4.90 Å². The minimum absolute atomic E-state index is 0.0644. The van der Waals surface area contributed by atoms with Gasteiger partial charge in [0.2, 0.25) is 5.91 Å². The second kappa shape index (κ2) is 7.49. The molecule has 0 unspecified atom stereocenters. The van der Waals surface area contributed by atoms with Crippen LogP contribution in [0.1, 0.15) is 11.1 Å². The van der Waals surface area contributed by atoms with Crippen LogP contribution in [0.5, 0.6) is 0 Å². The zero-order chi connectivity index (χ0) is 19.6. The first kappa shape index (κ1) is 18.4. The molecule has 27 heavy (non-hydrogen) atoms. The summed E-state index contributed by atoms with van der Waals surface area (Å²) in [6.45, 7) is 0.485. The summed E-state index contributed by atoms with van der Waals surface area (Å²) in [6, 6.07) is 5.59. The van der Waals surface area contributed by atoms with Gasteiger partial charge < -0.3 is 19.3 Å². The number of carbonyl (C=O) groups excluding carboxylic acids is 3. The maximum atomic E-state index is 12.5. The lowest BCUT2D eigenvalue weighted by Crippen LogP contribution is -2.33. The van der Waals surface area contributed by atoms with Gasteiger partial charge in [-0.3, -0.25) is 4.79 Å². The fraction of sp³-hybridized carbons (Fsp3) is 0.250. The van der Waals surface area contributed by atoms with Gasteiger partial charge in [-0.15, -0.1) is 0 Å². The van der Waals surface area contributed by atoms with Crippen LogP contribution in [0.3, 0.4) is 0 Å². The van der Waals surface area contributed by atoms with E-state index in [9.17, 15) is 14.4 Å². The Morgan fingerprint density at radius 2 is 1.78 bits per heavy atom. The number of hydrogen-bond acceptors (Lipinski definition) is 6. The minimum Gasteiger partial charge on any atom is -0.465 e. The first-order chi connectivity index (χ1) is 13.0. The summed E-state index contributed by atoms with van der Waals surface area (Å²) >= 11 is 0. The van der Waals surface area contributed by atoms with Crippen molar-refractivity contribution in [3.8, 4) is 0 Å². The van der Waals surface area contributed by atoms with E-state index >= 15 is 0 Å². The Morgan fingerprint density at radius 1 is 1.04 bits per heavy atom. The van der Waals surface area contributed by atoms with Crippen molar-refractivity contribution >= 4 is 23.5 Å². The largest absolute Gasteiger partial charge is 0.465 e. The van der Waals surface area contributed by atoms with Crippen molar-refractivity contribution in [2.75, 3.05) is 26.2 Å². The molecule has 1 amide bonds. The van der Waals surface area contributed by atoms with E-state index in [4.69, 9.17) is 9.47 Å². The summed E-state index contributed by atoms with van der Waals surface area (Å²) < 4.78 is 9.72. The van der Waals surface area contributed by atoms with E-state index in [1.807, 2.05) is 18.2 Å². The summed E-state index contributed by atoms with van der Waals surface area (Å²) in [7, 11) is 4.27. The number of amides is 1. The number of benzene rings is 1. The molecule has 1 aromatic carbocycles. The predicted octanol–water partition coefficient (Wildman–Crippen LogP) is 1.69. The van der Waals surface area contributed by atoms with Gasteiger partial charge in [-0.05, 0) is 35.4 Å². The molecule has 0 spiro atoms. The molecule has 0 bridgehead atoms. The molecule has 0 atom stereocenters. The van der Waals surface area contributed by atoms with Gasteiger partial charge in [0, 0.05) is 25.5 Å². The van der Waals surface area contributed by atoms with Crippen LogP contribution in [-0.4, -0.2) is 44.0 Å². The van der Waals surface area contributed by atoms with E-state index < -0.39 is 11.9 Å². The van der Waals surface area contributed by atoms with E-state index in [2.05, 4.69) is 0 Å². The Kier molecular flexibility index (Phi) is 5.12. The SMILES string of the molecule is COC(=O)C1=C(C(=O)OC)N(c2ccc3c(c2)CN(C)C(=O)C3)C=CC=C1. The number of methoxy groups -OCH3 is 2. The number of esters is 2. The molecule has 7 heteroatoms. The lowest BCUT2D eigenvalue weighted by molar-refractivity contribution is -0.139. The highest BCUT2D eigenvalue weighted by molar-refractivity contribution is 6.05. The van der Waals surface area contributed by atoms with Crippen molar-refractivity contribution in [3.63, 3.8) is 0 Å². The Morgan fingerprint density at radius 3 is 2.48 bits per heavy atom. The predicted molar refractivity (Wildman–Crippen MR) is 98.4 cm³/mol. The van der Waals surface area contributed by atoms with E-state index in [0.29, 0.717) is 18.7 Å². The Labute approximate surface area is 157 Å². The zero-order valence-corrected chi connectivity index (χ0v) is 15.4. The van der Waals surface area contributed by atoms with Crippen LogP contribution in [0.4, 0.5) is 5.69 Å². The van der Waals surface area contributed by atoms with Gasteiger partial charge in [0.25, 0.3) is 0 Å². The Bertz CT molecular complexity index is 898. The van der Waals surface area contributed by atoms with Crippen LogP contribution in [0.25, 0.3) is 0 Å². The van der Waals surface area contributed by atoms with Crippen molar-refractivity contribution in [1.29, 1.82) is 0 Å². The smallest absolute Gasteiger partial charge is 0.355 e. The van der Waals surface area contributed by atoms with Crippen LogP contribution in [0, 0.1) is 0 Å². The zero-order valence-electron chi connectivity index (χ0n) is 15.4. The van der Waals surface area contributed by atoms with E-state index in [1.54, 1.807) is 35.2 Å². The van der Waals surface area contributed by atoms with Gasteiger partial charge in [-0.1, -0.05) is 12.1 Å². The van der Waals surface area contributed by atoms with Gasteiger partial charge >= 0.3 is 11.9 Å². The molecule has 0 aromatic heterocycles. The highest BCUT2D eigenvalue weighted by Gasteiger charge is 2.28. The number of ether oxygens (including phenoxy) is 2. The number of likely N-dealkylation sites (N-methyl/N-ethyl adjacent to an activating group) is 1. The molecule has 2 aliphatic heterocycles. The molecule has 0 saturated heterocycles. The molecule has 0 aliphatic carbocycles. The van der Waals surface area contributed by atoms with Crippen molar-refractivity contribution in [2.45, 2.75) is 13.0 Å². The molecule has 140 valence electrons. The number of anilines is 1. The highest BCUT2D eigenvalue weighted by Crippen LogP contribution is 2.30. The summed E-state index contributed by atoms with van der Waals surface area (Å²) in [4.78, 5) is 39.8. The Hall–Kier alpha value is -3.35. The molecule has 1 aromatic rings. The fourth-order valence-corrected chi connectivity index (χ4v) is 3.09. The summed E-state index contributed by atoms with van der Waals surface area (Å²) in [5.41, 5.74) is 2.78. The fourth-order valence-electron chi connectivity index (χ4n) is 3.09. The lowest BCUT2D eigenvalue weighted by atomic mass is 9.98. The molecule has 2 aliphatic rings. The third kappa shape index (κ3) is 3.48. The number of hydrogen-bond donors (Lipinski definition) is 0. The number of nitrogens with zero attached hydrogens (tertiary/aromatic N) is 2.